The van der Waals surface area contributed by atoms with Crippen molar-refractivity contribution in [1.29, 1.82) is 0 Å². The quantitative estimate of drug-likeness (QED) is 0.423. The number of aromatic nitrogens is 4. The van der Waals surface area contributed by atoms with E-state index in [1.54, 1.807) is 28.7 Å². The van der Waals surface area contributed by atoms with Crippen LogP contribution in [0.25, 0.3) is 16.7 Å². The van der Waals surface area contributed by atoms with Gasteiger partial charge in [0, 0.05) is 18.1 Å². The zero-order chi connectivity index (χ0) is 22.2. The van der Waals surface area contributed by atoms with Crippen LogP contribution in [0.15, 0.2) is 58.2 Å². The molecular formula is C21H22ClN5O3S. The first kappa shape index (κ1) is 21.5. The smallest absolute Gasteiger partial charge is 0.262 e. The van der Waals surface area contributed by atoms with Gasteiger partial charge in [0.1, 0.15) is 0 Å². The number of aryl methyl sites for hydroxylation is 1. The molecule has 0 fully saturated rings. The van der Waals surface area contributed by atoms with E-state index >= 15 is 0 Å². The van der Waals surface area contributed by atoms with Gasteiger partial charge in [-0.05, 0) is 49.7 Å². The number of halogens is 1. The fourth-order valence-electron chi connectivity index (χ4n) is 3.65. The summed E-state index contributed by atoms with van der Waals surface area (Å²) in [6.45, 7) is 4.53. The molecule has 10 heteroatoms. The summed E-state index contributed by atoms with van der Waals surface area (Å²) in [5, 5.41) is 9.48. The second kappa shape index (κ2) is 8.41. The fourth-order valence-corrected chi connectivity index (χ4v) is 5.26. The number of benzene rings is 2. The number of sulfonamides is 1. The SMILES string of the molecule is CCCN(Cc1nnc2n(CC)c(=O)c3ccccc3n12)S(=O)(=O)c1ccc(Cl)cc1. The van der Waals surface area contributed by atoms with Gasteiger partial charge in [-0.15, -0.1) is 10.2 Å². The predicted molar refractivity (Wildman–Crippen MR) is 120 cm³/mol. The molecule has 2 heterocycles. The highest BCUT2D eigenvalue weighted by Gasteiger charge is 2.26. The highest BCUT2D eigenvalue weighted by atomic mass is 35.5. The van der Waals surface area contributed by atoms with Crippen LogP contribution < -0.4 is 5.56 Å². The van der Waals surface area contributed by atoms with Gasteiger partial charge in [-0.1, -0.05) is 30.7 Å². The average molecular weight is 460 g/mol. The predicted octanol–water partition coefficient (Wildman–Crippen LogP) is 3.32. The third-order valence-electron chi connectivity index (χ3n) is 5.13. The topological polar surface area (TPSA) is 89.6 Å². The average Bonchev–Trinajstić information content (AvgIpc) is 3.18. The standard InChI is InChI=1S/C21H22ClN5O3S/c1-3-13-25(31(29,30)16-11-9-15(22)10-12-16)14-19-23-24-21-26(4-2)20(28)17-7-5-6-8-18(17)27(19)21/h5-12H,3-4,13-14H2,1-2H3. The fraction of sp³-hybridized carbons (Fsp3) is 0.286. The van der Waals surface area contributed by atoms with Crippen LogP contribution in [-0.2, 0) is 23.1 Å². The molecule has 0 aliphatic carbocycles. The van der Waals surface area contributed by atoms with Gasteiger partial charge in [0.2, 0.25) is 15.8 Å². The molecule has 0 bridgehead atoms. The van der Waals surface area contributed by atoms with Gasteiger partial charge >= 0.3 is 0 Å². The molecule has 0 saturated carbocycles. The summed E-state index contributed by atoms with van der Waals surface area (Å²) < 4.78 is 31.3. The molecule has 0 aliphatic rings. The van der Waals surface area contributed by atoms with E-state index in [-0.39, 0.29) is 17.0 Å². The second-order valence-electron chi connectivity index (χ2n) is 7.11. The van der Waals surface area contributed by atoms with Crippen molar-refractivity contribution in [2.75, 3.05) is 6.54 Å². The van der Waals surface area contributed by atoms with E-state index in [4.69, 9.17) is 11.6 Å². The molecule has 0 amide bonds. The molecule has 31 heavy (non-hydrogen) atoms. The molecule has 0 N–H and O–H groups in total. The normalized spacial score (nSPS) is 12.3. The second-order valence-corrected chi connectivity index (χ2v) is 9.49. The lowest BCUT2D eigenvalue weighted by Crippen LogP contribution is -2.32. The molecule has 0 atom stereocenters. The molecule has 4 aromatic rings. The molecular weight excluding hydrogens is 438 g/mol. The number of hydrogen-bond acceptors (Lipinski definition) is 5. The van der Waals surface area contributed by atoms with E-state index in [9.17, 15) is 13.2 Å². The summed E-state index contributed by atoms with van der Waals surface area (Å²) in [4.78, 5) is 13.0. The zero-order valence-corrected chi connectivity index (χ0v) is 18.8. The molecule has 0 spiro atoms. The summed E-state index contributed by atoms with van der Waals surface area (Å²) in [6.07, 6.45) is 0.629. The molecule has 0 unspecified atom stereocenters. The number of rotatable bonds is 7. The van der Waals surface area contributed by atoms with Crippen LogP contribution >= 0.6 is 11.6 Å². The van der Waals surface area contributed by atoms with E-state index in [1.807, 2.05) is 26.0 Å². The summed E-state index contributed by atoms with van der Waals surface area (Å²) >= 11 is 5.92. The van der Waals surface area contributed by atoms with E-state index in [2.05, 4.69) is 10.2 Å². The van der Waals surface area contributed by atoms with Crippen LogP contribution in [0.3, 0.4) is 0 Å². The third-order valence-corrected chi connectivity index (χ3v) is 7.24. The highest BCUT2D eigenvalue weighted by Crippen LogP contribution is 2.22. The van der Waals surface area contributed by atoms with E-state index in [0.717, 1.165) is 0 Å². The Hall–Kier alpha value is -2.75. The van der Waals surface area contributed by atoms with Crippen LogP contribution in [0.2, 0.25) is 5.02 Å². The van der Waals surface area contributed by atoms with Gasteiger partial charge in [-0.3, -0.25) is 13.8 Å². The first-order valence-corrected chi connectivity index (χ1v) is 11.8. The van der Waals surface area contributed by atoms with Crippen LogP contribution in [0.4, 0.5) is 0 Å². The monoisotopic (exact) mass is 459 g/mol. The van der Waals surface area contributed by atoms with Crippen molar-refractivity contribution in [2.24, 2.45) is 0 Å². The summed E-state index contributed by atoms with van der Waals surface area (Å²) in [7, 11) is -3.78. The Morgan fingerprint density at radius 3 is 2.42 bits per heavy atom. The van der Waals surface area contributed by atoms with Crippen molar-refractivity contribution >= 4 is 38.3 Å². The summed E-state index contributed by atoms with van der Waals surface area (Å²) in [5.74, 6) is 0.834. The molecule has 2 aromatic heterocycles. The van der Waals surface area contributed by atoms with E-state index in [1.165, 1.54) is 21.0 Å². The van der Waals surface area contributed by atoms with Crippen molar-refractivity contribution in [3.05, 3.63) is 69.7 Å². The lowest BCUT2D eigenvalue weighted by atomic mass is 10.2. The summed E-state index contributed by atoms with van der Waals surface area (Å²) in [5.41, 5.74) is 0.497. The third kappa shape index (κ3) is 3.73. The van der Waals surface area contributed by atoms with Crippen LogP contribution in [0.5, 0.6) is 0 Å². The molecule has 162 valence electrons. The molecule has 4 rings (SSSR count). The zero-order valence-electron chi connectivity index (χ0n) is 17.2. The van der Waals surface area contributed by atoms with Gasteiger partial charge in [-0.25, -0.2) is 8.42 Å². The Bertz CT molecular complexity index is 1410. The van der Waals surface area contributed by atoms with Crippen molar-refractivity contribution in [1.82, 2.24) is 23.5 Å². The molecule has 0 aliphatic heterocycles. The number of nitrogens with zero attached hydrogens (tertiary/aromatic N) is 5. The summed E-state index contributed by atoms with van der Waals surface area (Å²) in [6, 6.07) is 13.3. The van der Waals surface area contributed by atoms with Gasteiger partial charge in [0.05, 0.1) is 22.3 Å². The molecule has 8 nitrogen and oxygen atoms in total. The Balaban J connectivity index is 1.87. The van der Waals surface area contributed by atoms with Gasteiger partial charge < -0.3 is 0 Å². The molecule has 0 radical (unpaired) electrons. The minimum Gasteiger partial charge on any atom is -0.277 e. The van der Waals surface area contributed by atoms with Crippen molar-refractivity contribution < 1.29 is 8.42 Å². The van der Waals surface area contributed by atoms with Crippen molar-refractivity contribution in [3.63, 3.8) is 0 Å². The first-order chi connectivity index (χ1) is 14.9. The Labute approximate surface area is 184 Å². The maximum Gasteiger partial charge on any atom is 0.262 e. The van der Waals surface area contributed by atoms with E-state index in [0.29, 0.717) is 47.0 Å². The lowest BCUT2D eigenvalue weighted by Gasteiger charge is -2.21. The largest absolute Gasteiger partial charge is 0.277 e. The maximum atomic E-state index is 13.3. The lowest BCUT2D eigenvalue weighted by molar-refractivity contribution is 0.396. The van der Waals surface area contributed by atoms with Crippen LogP contribution in [0, 0.1) is 0 Å². The van der Waals surface area contributed by atoms with E-state index < -0.39 is 10.0 Å². The molecule has 0 saturated heterocycles. The highest BCUT2D eigenvalue weighted by molar-refractivity contribution is 7.89. The van der Waals surface area contributed by atoms with Gasteiger partial charge in [-0.2, -0.15) is 4.31 Å². The number of hydrogen-bond donors (Lipinski definition) is 0. The molecule has 2 aromatic carbocycles. The number of para-hydroxylation sites is 1. The van der Waals surface area contributed by atoms with Gasteiger partial charge in [0.15, 0.2) is 5.82 Å². The first-order valence-electron chi connectivity index (χ1n) is 9.99. The minimum absolute atomic E-state index is 0.0197. The number of fused-ring (bicyclic) bond motifs is 3. The Kier molecular flexibility index (Phi) is 5.83. The van der Waals surface area contributed by atoms with Crippen molar-refractivity contribution in [2.45, 2.75) is 38.3 Å². The Morgan fingerprint density at radius 2 is 1.74 bits per heavy atom. The maximum absolute atomic E-state index is 13.3. The van der Waals surface area contributed by atoms with Gasteiger partial charge in [0.25, 0.3) is 5.56 Å². The van der Waals surface area contributed by atoms with Crippen LogP contribution in [-0.4, -0.2) is 38.4 Å². The van der Waals surface area contributed by atoms with Crippen molar-refractivity contribution in [3.8, 4) is 0 Å². The minimum atomic E-state index is -3.78. The Morgan fingerprint density at radius 1 is 1.03 bits per heavy atom. The van der Waals surface area contributed by atoms with Crippen LogP contribution in [0.1, 0.15) is 26.1 Å².